The number of pyridine rings is 1. The van der Waals surface area contributed by atoms with Crippen LogP contribution in [0.4, 0.5) is 4.39 Å². The SMILES string of the molecule is Oc1cccc(C2CCN(Cc3cn(Cc4ncccc4F)cn3)CC2)c1. The van der Waals surface area contributed by atoms with Gasteiger partial charge in [0, 0.05) is 18.9 Å². The van der Waals surface area contributed by atoms with E-state index in [2.05, 4.69) is 20.9 Å². The van der Waals surface area contributed by atoms with Crippen LogP contribution >= 0.6 is 0 Å². The number of aromatic nitrogens is 3. The highest BCUT2D eigenvalue weighted by molar-refractivity contribution is 5.30. The van der Waals surface area contributed by atoms with Crippen molar-refractivity contribution in [1.82, 2.24) is 19.4 Å². The van der Waals surface area contributed by atoms with Crippen LogP contribution in [-0.2, 0) is 13.1 Å². The van der Waals surface area contributed by atoms with Crippen molar-refractivity contribution in [2.45, 2.75) is 31.8 Å². The van der Waals surface area contributed by atoms with Gasteiger partial charge < -0.3 is 9.67 Å². The number of phenolic OH excluding ortho intramolecular Hbond substituents is 1. The fourth-order valence-electron chi connectivity index (χ4n) is 3.71. The minimum atomic E-state index is -0.290. The molecule has 3 heterocycles. The molecule has 1 aliphatic rings. The fraction of sp³-hybridized carbons (Fsp3) is 0.333. The van der Waals surface area contributed by atoms with Crippen LogP contribution < -0.4 is 0 Å². The Morgan fingerprint density at radius 2 is 1.93 bits per heavy atom. The Balaban J connectivity index is 1.32. The molecule has 6 heteroatoms. The topological polar surface area (TPSA) is 54.2 Å². The van der Waals surface area contributed by atoms with E-state index in [0.717, 1.165) is 38.2 Å². The van der Waals surface area contributed by atoms with E-state index in [4.69, 9.17) is 0 Å². The summed E-state index contributed by atoms with van der Waals surface area (Å²) in [7, 11) is 0. The van der Waals surface area contributed by atoms with Crippen molar-refractivity contribution < 1.29 is 9.50 Å². The Labute approximate surface area is 158 Å². The van der Waals surface area contributed by atoms with Gasteiger partial charge in [0.15, 0.2) is 0 Å². The standard InChI is InChI=1S/C21H23FN4O/c22-20-5-2-8-23-21(20)14-26-13-18(24-15-26)12-25-9-6-16(7-10-25)17-3-1-4-19(27)11-17/h1-5,8,11,13,15-16,27H,6-7,9-10,12,14H2. The van der Waals surface area contributed by atoms with Gasteiger partial charge in [-0.3, -0.25) is 9.88 Å². The monoisotopic (exact) mass is 366 g/mol. The van der Waals surface area contributed by atoms with E-state index < -0.39 is 0 Å². The third kappa shape index (κ3) is 4.34. The molecule has 5 nitrogen and oxygen atoms in total. The zero-order chi connectivity index (χ0) is 18.6. The zero-order valence-corrected chi connectivity index (χ0v) is 15.1. The predicted molar refractivity (Wildman–Crippen MR) is 101 cm³/mol. The van der Waals surface area contributed by atoms with Gasteiger partial charge in [-0.25, -0.2) is 9.37 Å². The lowest BCUT2D eigenvalue weighted by Crippen LogP contribution is -2.32. The van der Waals surface area contributed by atoms with Crippen LogP contribution in [0.1, 0.15) is 35.7 Å². The van der Waals surface area contributed by atoms with Crippen molar-refractivity contribution in [3.63, 3.8) is 0 Å². The van der Waals surface area contributed by atoms with E-state index in [1.54, 1.807) is 24.7 Å². The van der Waals surface area contributed by atoms with Crippen LogP contribution in [0.3, 0.4) is 0 Å². The molecule has 1 aliphatic heterocycles. The van der Waals surface area contributed by atoms with Crippen molar-refractivity contribution in [2.75, 3.05) is 13.1 Å². The van der Waals surface area contributed by atoms with Crippen LogP contribution in [0, 0.1) is 5.82 Å². The van der Waals surface area contributed by atoms with Gasteiger partial charge >= 0.3 is 0 Å². The van der Waals surface area contributed by atoms with Crippen LogP contribution in [0.15, 0.2) is 55.1 Å². The Hall–Kier alpha value is -2.73. The Morgan fingerprint density at radius 1 is 1.07 bits per heavy atom. The highest BCUT2D eigenvalue weighted by atomic mass is 19.1. The molecule has 140 valence electrons. The molecule has 1 N–H and O–H groups in total. The Kier molecular flexibility index (Phi) is 5.16. The minimum absolute atomic E-state index is 0.290. The van der Waals surface area contributed by atoms with Gasteiger partial charge in [-0.2, -0.15) is 0 Å². The van der Waals surface area contributed by atoms with Crippen molar-refractivity contribution in [2.24, 2.45) is 0 Å². The maximum Gasteiger partial charge on any atom is 0.146 e. The zero-order valence-electron chi connectivity index (χ0n) is 15.1. The van der Waals surface area contributed by atoms with E-state index >= 15 is 0 Å². The number of likely N-dealkylation sites (tertiary alicyclic amines) is 1. The van der Waals surface area contributed by atoms with Crippen molar-refractivity contribution in [3.8, 4) is 5.75 Å². The van der Waals surface area contributed by atoms with Gasteiger partial charge in [0.1, 0.15) is 11.6 Å². The third-order valence-corrected chi connectivity index (χ3v) is 5.17. The maximum absolute atomic E-state index is 13.7. The average molecular weight is 366 g/mol. The van der Waals surface area contributed by atoms with Gasteiger partial charge in [-0.15, -0.1) is 0 Å². The molecule has 0 atom stereocenters. The number of imidazole rings is 1. The molecule has 1 aromatic carbocycles. The van der Waals surface area contributed by atoms with Crippen LogP contribution in [-0.4, -0.2) is 37.6 Å². The maximum atomic E-state index is 13.7. The number of nitrogens with zero attached hydrogens (tertiary/aromatic N) is 4. The molecule has 0 amide bonds. The fourth-order valence-corrected chi connectivity index (χ4v) is 3.71. The van der Waals surface area contributed by atoms with Gasteiger partial charge in [-0.05, 0) is 61.7 Å². The van der Waals surface area contributed by atoms with E-state index in [1.165, 1.54) is 11.6 Å². The smallest absolute Gasteiger partial charge is 0.146 e. The first kappa shape index (κ1) is 17.7. The second-order valence-corrected chi connectivity index (χ2v) is 7.11. The lowest BCUT2D eigenvalue weighted by molar-refractivity contribution is 0.202. The molecular weight excluding hydrogens is 343 g/mol. The van der Waals surface area contributed by atoms with E-state index in [1.807, 2.05) is 22.9 Å². The number of aromatic hydroxyl groups is 1. The molecule has 0 bridgehead atoms. The number of benzene rings is 1. The molecule has 0 unspecified atom stereocenters. The first-order valence-electron chi connectivity index (χ1n) is 9.29. The van der Waals surface area contributed by atoms with Crippen LogP contribution in [0.25, 0.3) is 0 Å². The second kappa shape index (κ2) is 7.88. The summed E-state index contributed by atoms with van der Waals surface area (Å²) in [6.45, 7) is 3.19. The normalized spacial score (nSPS) is 15.9. The lowest BCUT2D eigenvalue weighted by atomic mass is 9.89. The number of hydrogen-bond acceptors (Lipinski definition) is 4. The third-order valence-electron chi connectivity index (χ3n) is 5.17. The van der Waals surface area contributed by atoms with E-state index in [0.29, 0.717) is 23.9 Å². The highest BCUT2D eigenvalue weighted by Gasteiger charge is 2.21. The summed E-state index contributed by atoms with van der Waals surface area (Å²) >= 11 is 0. The predicted octanol–water partition coefficient (Wildman–Crippen LogP) is 3.55. The number of rotatable bonds is 5. The summed E-state index contributed by atoms with van der Waals surface area (Å²) in [5, 5.41) is 9.67. The quantitative estimate of drug-likeness (QED) is 0.750. The summed E-state index contributed by atoms with van der Waals surface area (Å²) in [5.74, 6) is 0.546. The number of halogens is 1. The van der Waals surface area contributed by atoms with Gasteiger partial charge in [0.2, 0.25) is 0 Å². The lowest BCUT2D eigenvalue weighted by Gasteiger charge is -2.31. The van der Waals surface area contributed by atoms with Crippen LogP contribution in [0.2, 0.25) is 0 Å². The largest absolute Gasteiger partial charge is 0.508 e. The molecule has 0 aliphatic carbocycles. The average Bonchev–Trinajstić information content (AvgIpc) is 3.11. The van der Waals surface area contributed by atoms with Gasteiger partial charge in [0.05, 0.1) is 24.3 Å². The first-order chi connectivity index (χ1) is 13.2. The van der Waals surface area contributed by atoms with Crippen LogP contribution in [0.5, 0.6) is 5.75 Å². The number of phenols is 1. The molecular formula is C21H23FN4O. The Bertz CT molecular complexity index is 902. The molecule has 0 spiro atoms. The first-order valence-corrected chi connectivity index (χ1v) is 9.29. The van der Waals surface area contributed by atoms with Crippen molar-refractivity contribution >= 4 is 0 Å². The summed E-state index contributed by atoms with van der Waals surface area (Å²) in [6.07, 6.45) is 7.46. The summed E-state index contributed by atoms with van der Waals surface area (Å²) in [6, 6.07) is 10.6. The summed E-state index contributed by atoms with van der Waals surface area (Å²) in [5.41, 5.74) is 2.63. The van der Waals surface area contributed by atoms with Crippen molar-refractivity contribution in [3.05, 3.63) is 77.9 Å². The molecule has 27 heavy (non-hydrogen) atoms. The molecule has 4 rings (SSSR count). The molecule has 1 saturated heterocycles. The summed E-state index contributed by atoms with van der Waals surface area (Å²) in [4.78, 5) is 10.9. The second-order valence-electron chi connectivity index (χ2n) is 7.11. The van der Waals surface area contributed by atoms with E-state index in [9.17, 15) is 9.50 Å². The molecule has 2 aromatic heterocycles. The number of hydrogen-bond donors (Lipinski definition) is 1. The highest BCUT2D eigenvalue weighted by Crippen LogP contribution is 2.30. The Morgan fingerprint density at radius 3 is 2.70 bits per heavy atom. The minimum Gasteiger partial charge on any atom is -0.508 e. The van der Waals surface area contributed by atoms with Crippen molar-refractivity contribution in [1.29, 1.82) is 0 Å². The van der Waals surface area contributed by atoms with Gasteiger partial charge in [0.25, 0.3) is 0 Å². The summed E-state index contributed by atoms with van der Waals surface area (Å²) < 4.78 is 15.6. The number of piperidine rings is 1. The molecule has 0 saturated carbocycles. The molecule has 0 radical (unpaired) electrons. The van der Waals surface area contributed by atoms with E-state index in [-0.39, 0.29) is 5.82 Å². The van der Waals surface area contributed by atoms with Gasteiger partial charge in [-0.1, -0.05) is 12.1 Å². The molecule has 1 fully saturated rings. The molecule has 3 aromatic rings.